The van der Waals surface area contributed by atoms with Gasteiger partial charge in [0.15, 0.2) is 0 Å². The average Bonchev–Trinajstić information content (AvgIpc) is 2.22. The first kappa shape index (κ1) is 13.7. The van der Waals surface area contributed by atoms with Gasteiger partial charge in [-0.2, -0.15) is 0 Å². The first-order valence-electron chi connectivity index (χ1n) is 5.42. The Bertz CT molecular complexity index is 331. The van der Waals surface area contributed by atoms with E-state index in [0.717, 1.165) is 35.7 Å². The van der Waals surface area contributed by atoms with E-state index in [4.69, 9.17) is 11.6 Å². The van der Waals surface area contributed by atoms with Crippen molar-refractivity contribution in [2.75, 3.05) is 26.4 Å². The summed E-state index contributed by atoms with van der Waals surface area (Å²) in [5, 5.41) is 1.63. The van der Waals surface area contributed by atoms with Crippen molar-refractivity contribution in [3.63, 3.8) is 0 Å². The van der Waals surface area contributed by atoms with E-state index < -0.39 is 0 Å². The van der Waals surface area contributed by atoms with Gasteiger partial charge in [0, 0.05) is 17.9 Å². The quantitative estimate of drug-likeness (QED) is 0.580. The van der Waals surface area contributed by atoms with Crippen LogP contribution in [0.1, 0.15) is 18.9 Å². The zero-order chi connectivity index (χ0) is 12.0. The number of thioether (sulfide) groups is 1. The van der Waals surface area contributed by atoms with Crippen molar-refractivity contribution < 1.29 is 0 Å². The maximum Gasteiger partial charge on any atom is 0.136 e. The van der Waals surface area contributed by atoms with E-state index >= 15 is 0 Å². The highest BCUT2D eigenvalue weighted by Crippen LogP contribution is 2.25. The summed E-state index contributed by atoms with van der Waals surface area (Å²) in [6.07, 6.45) is 3.55. The molecular formula is C11H18ClN3S. The maximum atomic E-state index is 6.07. The van der Waals surface area contributed by atoms with E-state index in [2.05, 4.69) is 35.9 Å². The summed E-state index contributed by atoms with van der Waals surface area (Å²) in [7, 11) is 4.14. The van der Waals surface area contributed by atoms with Crippen molar-refractivity contribution >= 4 is 23.4 Å². The zero-order valence-corrected chi connectivity index (χ0v) is 11.6. The second-order valence-corrected chi connectivity index (χ2v) is 5.29. The summed E-state index contributed by atoms with van der Waals surface area (Å²) in [6, 6.07) is 0. The van der Waals surface area contributed by atoms with E-state index in [0.29, 0.717) is 5.15 Å². The number of hydrogen-bond acceptors (Lipinski definition) is 4. The number of halogens is 1. The predicted octanol–water partition coefficient (Wildman–Crippen LogP) is 2.74. The summed E-state index contributed by atoms with van der Waals surface area (Å²) in [4.78, 5) is 10.5. The second kappa shape index (κ2) is 7.09. The Labute approximate surface area is 107 Å². The minimum atomic E-state index is 0.601. The predicted molar refractivity (Wildman–Crippen MR) is 70.3 cm³/mol. The van der Waals surface area contributed by atoms with Gasteiger partial charge in [-0.05, 0) is 20.5 Å². The third-order valence-corrected chi connectivity index (χ3v) is 3.47. The van der Waals surface area contributed by atoms with E-state index in [1.807, 2.05) is 0 Å². The molecule has 0 unspecified atom stereocenters. The van der Waals surface area contributed by atoms with Crippen molar-refractivity contribution in [3.05, 3.63) is 17.0 Å². The molecule has 0 aliphatic carbocycles. The first-order valence-corrected chi connectivity index (χ1v) is 6.78. The minimum absolute atomic E-state index is 0.601. The van der Waals surface area contributed by atoms with E-state index in [-0.39, 0.29) is 0 Å². The molecule has 0 spiro atoms. The first-order chi connectivity index (χ1) is 7.65. The largest absolute Gasteiger partial charge is 0.309 e. The van der Waals surface area contributed by atoms with E-state index in [1.54, 1.807) is 18.1 Å². The summed E-state index contributed by atoms with van der Waals surface area (Å²) in [5.74, 6) is 1.02. The third kappa shape index (κ3) is 4.28. The van der Waals surface area contributed by atoms with Gasteiger partial charge in [-0.25, -0.2) is 9.97 Å². The van der Waals surface area contributed by atoms with Gasteiger partial charge in [0.1, 0.15) is 16.5 Å². The van der Waals surface area contributed by atoms with Crippen LogP contribution in [0.25, 0.3) is 0 Å². The Hall–Kier alpha value is -0.320. The second-order valence-electron chi connectivity index (χ2n) is 3.85. The maximum absolute atomic E-state index is 6.07. The van der Waals surface area contributed by atoms with Gasteiger partial charge in [-0.3, -0.25) is 0 Å². The molecule has 0 bridgehead atoms. The summed E-state index contributed by atoms with van der Waals surface area (Å²) < 4.78 is 0. The van der Waals surface area contributed by atoms with Crippen LogP contribution >= 0.6 is 23.4 Å². The number of rotatable bonds is 6. The van der Waals surface area contributed by atoms with Crippen LogP contribution in [0, 0.1) is 0 Å². The van der Waals surface area contributed by atoms with Crippen LogP contribution in [0.4, 0.5) is 0 Å². The van der Waals surface area contributed by atoms with E-state index in [1.165, 1.54) is 0 Å². The zero-order valence-electron chi connectivity index (χ0n) is 10.0. The summed E-state index contributed by atoms with van der Waals surface area (Å²) >= 11 is 7.83. The lowest BCUT2D eigenvalue weighted by molar-refractivity contribution is 0.437. The van der Waals surface area contributed by atoms with Crippen LogP contribution < -0.4 is 0 Å². The fraction of sp³-hybridized carbons (Fsp3) is 0.636. The van der Waals surface area contributed by atoms with Crippen molar-refractivity contribution in [1.29, 1.82) is 0 Å². The normalized spacial score (nSPS) is 11.1. The Balaban J connectivity index is 2.66. The van der Waals surface area contributed by atoms with Gasteiger partial charge in [0.05, 0.1) is 0 Å². The highest BCUT2D eigenvalue weighted by molar-refractivity contribution is 7.99. The van der Waals surface area contributed by atoms with Crippen molar-refractivity contribution in [2.24, 2.45) is 0 Å². The molecular weight excluding hydrogens is 242 g/mol. The molecule has 0 aliphatic heterocycles. The van der Waals surface area contributed by atoms with Crippen LogP contribution in [0.2, 0.25) is 5.15 Å². The number of aromatic nitrogens is 2. The number of nitrogens with zero attached hydrogens (tertiary/aromatic N) is 3. The van der Waals surface area contributed by atoms with Crippen LogP contribution in [0.15, 0.2) is 11.4 Å². The molecule has 90 valence electrons. The highest BCUT2D eigenvalue weighted by Gasteiger charge is 2.09. The van der Waals surface area contributed by atoms with E-state index in [9.17, 15) is 0 Å². The van der Waals surface area contributed by atoms with Crippen molar-refractivity contribution in [3.8, 4) is 0 Å². The highest BCUT2D eigenvalue weighted by atomic mass is 35.5. The lowest BCUT2D eigenvalue weighted by Gasteiger charge is -2.11. The van der Waals surface area contributed by atoms with Gasteiger partial charge in [0.25, 0.3) is 0 Å². The topological polar surface area (TPSA) is 29.0 Å². The third-order valence-electron chi connectivity index (χ3n) is 2.13. The van der Waals surface area contributed by atoms with Gasteiger partial charge < -0.3 is 4.90 Å². The Morgan fingerprint density at radius 2 is 2.12 bits per heavy atom. The van der Waals surface area contributed by atoms with Crippen LogP contribution in [-0.2, 0) is 6.42 Å². The minimum Gasteiger partial charge on any atom is -0.309 e. The fourth-order valence-corrected chi connectivity index (χ4v) is 2.71. The molecule has 1 rings (SSSR count). The summed E-state index contributed by atoms with van der Waals surface area (Å²) in [6.45, 7) is 3.18. The molecule has 0 atom stereocenters. The molecule has 0 saturated heterocycles. The van der Waals surface area contributed by atoms with Gasteiger partial charge in [-0.1, -0.05) is 24.9 Å². The standard InChI is InChI=1S/C11H18ClN3S/c1-4-5-9-10(12)13-8-14-11(9)16-7-6-15(2)3/h8H,4-7H2,1-3H3. The smallest absolute Gasteiger partial charge is 0.136 e. The van der Waals surface area contributed by atoms with Gasteiger partial charge >= 0.3 is 0 Å². The molecule has 0 aliphatic rings. The van der Waals surface area contributed by atoms with Gasteiger partial charge in [-0.15, -0.1) is 11.8 Å². The molecule has 16 heavy (non-hydrogen) atoms. The molecule has 0 amide bonds. The van der Waals surface area contributed by atoms with Crippen LogP contribution in [0.5, 0.6) is 0 Å². The average molecular weight is 260 g/mol. The van der Waals surface area contributed by atoms with Crippen molar-refractivity contribution in [2.45, 2.75) is 24.8 Å². The molecule has 0 radical (unpaired) electrons. The molecule has 1 aromatic heterocycles. The Morgan fingerprint density at radius 3 is 2.75 bits per heavy atom. The SMILES string of the molecule is CCCc1c(Cl)ncnc1SCCN(C)C. The lowest BCUT2D eigenvalue weighted by atomic mass is 10.2. The molecule has 0 saturated carbocycles. The molecule has 0 fully saturated rings. The molecule has 1 aromatic rings. The Kier molecular flexibility index (Phi) is 6.09. The Morgan fingerprint density at radius 1 is 1.38 bits per heavy atom. The molecule has 5 heteroatoms. The van der Waals surface area contributed by atoms with Crippen LogP contribution in [0.3, 0.4) is 0 Å². The molecule has 0 aromatic carbocycles. The fourth-order valence-electron chi connectivity index (χ4n) is 1.29. The molecule has 0 N–H and O–H groups in total. The number of hydrogen-bond donors (Lipinski definition) is 0. The summed E-state index contributed by atoms with van der Waals surface area (Å²) in [5.41, 5.74) is 1.09. The lowest BCUT2D eigenvalue weighted by Crippen LogP contribution is -2.15. The van der Waals surface area contributed by atoms with Crippen LogP contribution in [-0.4, -0.2) is 41.3 Å². The molecule has 1 heterocycles. The van der Waals surface area contributed by atoms with Gasteiger partial charge in [0.2, 0.25) is 0 Å². The monoisotopic (exact) mass is 259 g/mol. The molecule has 3 nitrogen and oxygen atoms in total. The van der Waals surface area contributed by atoms with Crippen molar-refractivity contribution in [1.82, 2.24) is 14.9 Å².